The first-order valence-corrected chi connectivity index (χ1v) is 10.2. The zero-order chi connectivity index (χ0) is 19.7. The predicted molar refractivity (Wildman–Crippen MR) is 114 cm³/mol. The lowest BCUT2D eigenvalue weighted by Crippen LogP contribution is -2.24. The third-order valence-electron chi connectivity index (χ3n) is 4.98. The van der Waals surface area contributed by atoms with Crippen LogP contribution in [-0.2, 0) is 11.3 Å². The van der Waals surface area contributed by atoms with E-state index < -0.39 is 0 Å². The summed E-state index contributed by atoms with van der Waals surface area (Å²) in [5.41, 5.74) is 6.54. The molecule has 0 unspecified atom stereocenters. The quantitative estimate of drug-likeness (QED) is 0.519. The van der Waals surface area contributed by atoms with Crippen molar-refractivity contribution in [2.24, 2.45) is 0 Å². The Hall–Kier alpha value is -2.86. The molecule has 2 aromatic heterocycles. The van der Waals surface area contributed by atoms with Crippen molar-refractivity contribution in [1.82, 2.24) is 19.9 Å². The highest BCUT2D eigenvalue weighted by molar-refractivity contribution is 7.99. The highest BCUT2D eigenvalue weighted by atomic mass is 32.2. The third kappa shape index (κ3) is 3.47. The molecule has 0 fully saturated rings. The number of carbonyl (C=O) groups is 1. The number of hydrogen-bond donors (Lipinski definition) is 1. The van der Waals surface area contributed by atoms with Crippen molar-refractivity contribution < 1.29 is 4.79 Å². The van der Waals surface area contributed by atoms with E-state index in [1.54, 1.807) is 0 Å². The van der Waals surface area contributed by atoms with Gasteiger partial charge in [-0.2, -0.15) is 0 Å². The number of thioether (sulfide) groups is 1. The van der Waals surface area contributed by atoms with Gasteiger partial charge < -0.3 is 5.32 Å². The van der Waals surface area contributed by atoms with Crippen LogP contribution in [0.25, 0.3) is 16.6 Å². The zero-order valence-corrected chi connectivity index (χ0v) is 17.0. The Morgan fingerprint density at radius 3 is 2.61 bits per heavy atom. The number of nitrogens with zero attached hydrogens (tertiary/aromatic N) is 3. The third-order valence-corrected chi connectivity index (χ3v) is 5.91. The molecule has 0 aliphatic carbocycles. The van der Waals surface area contributed by atoms with E-state index in [9.17, 15) is 4.79 Å². The highest BCUT2D eigenvalue weighted by Gasteiger charge is 2.15. The summed E-state index contributed by atoms with van der Waals surface area (Å²) in [4.78, 5) is 12.3. The molecule has 0 radical (unpaired) electrons. The summed E-state index contributed by atoms with van der Waals surface area (Å²) in [7, 11) is 0. The number of aromatic nitrogens is 3. The minimum atomic E-state index is -0.0181. The monoisotopic (exact) mass is 390 g/mol. The molecule has 5 nitrogen and oxygen atoms in total. The van der Waals surface area contributed by atoms with E-state index in [0.717, 1.165) is 32.8 Å². The average Bonchev–Trinajstić information content (AvgIpc) is 3.13. The maximum atomic E-state index is 12.3. The summed E-state index contributed by atoms with van der Waals surface area (Å²) < 4.78 is 2.09. The van der Waals surface area contributed by atoms with Gasteiger partial charge in [0.25, 0.3) is 0 Å². The molecule has 6 heteroatoms. The van der Waals surface area contributed by atoms with Crippen molar-refractivity contribution in [2.45, 2.75) is 32.5 Å². The number of benzene rings is 2. The Morgan fingerprint density at radius 1 is 1.04 bits per heavy atom. The fraction of sp³-hybridized carbons (Fsp3) is 0.227. The molecule has 142 valence electrons. The summed E-state index contributed by atoms with van der Waals surface area (Å²) >= 11 is 1.42. The van der Waals surface area contributed by atoms with Crippen LogP contribution >= 0.6 is 11.8 Å². The standard InChI is InChI=1S/C22H22N4OS/c1-14-9-10-18-11-15(2)21-24-25-22(26(21)20(18)16(14)3)28-13-19(27)23-12-17-7-5-4-6-8-17/h4-11H,12-13H2,1-3H3,(H,23,27). The molecule has 0 saturated heterocycles. The Labute approximate surface area is 168 Å². The molecule has 0 atom stereocenters. The summed E-state index contributed by atoms with van der Waals surface area (Å²) in [6.07, 6.45) is 0. The first-order valence-electron chi connectivity index (χ1n) is 9.22. The van der Waals surface area contributed by atoms with Gasteiger partial charge in [-0.15, -0.1) is 10.2 Å². The van der Waals surface area contributed by atoms with Crippen LogP contribution in [0.3, 0.4) is 0 Å². The van der Waals surface area contributed by atoms with Crippen LogP contribution in [0.1, 0.15) is 22.3 Å². The lowest BCUT2D eigenvalue weighted by molar-refractivity contribution is -0.118. The summed E-state index contributed by atoms with van der Waals surface area (Å²) in [5, 5.41) is 13.6. The van der Waals surface area contributed by atoms with Gasteiger partial charge in [0, 0.05) is 6.54 Å². The van der Waals surface area contributed by atoms with Crippen LogP contribution in [0.4, 0.5) is 0 Å². The van der Waals surface area contributed by atoms with E-state index >= 15 is 0 Å². The summed E-state index contributed by atoms with van der Waals surface area (Å²) in [6.45, 7) is 6.79. The molecule has 2 aromatic carbocycles. The maximum Gasteiger partial charge on any atom is 0.230 e. The van der Waals surface area contributed by atoms with Crippen molar-refractivity contribution in [1.29, 1.82) is 0 Å². The Bertz CT molecular complexity index is 1170. The van der Waals surface area contributed by atoms with Crippen LogP contribution in [0, 0.1) is 20.8 Å². The number of amides is 1. The van der Waals surface area contributed by atoms with Gasteiger partial charge in [-0.05, 0) is 54.5 Å². The number of fused-ring (bicyclic) bond motifs is 3. The minimum absolute atomic E-state index is 0.0181. The van der Waals surface area contributed by atoms with Gasteiger partial charge >= 0.3 is 0 Å². The van der Waals surface area contributed by atoms with Crippen molar-refractivity contribution in [3.05, 3.63) is 70.8 Å². The second kappa shape index (κ2) is 7.64. The molecule has 1 N–H and O–H groups in total. The molecule has 0 spiro atoms. The van der Waals surface area contributed by atoms with Gasteiger partial charge in [0.15, 0.2) is 10.8 Å². The molecule has 4 aromatic rings. The van der Waals surface area contributed by atoms with Crippen molar-refractivity contribution in [3.8, 4) is 0 Å². The molecule has 28 heavy (non-hydrogen) atoms. The Morgan fingerprint density at radius 2 is 1.82 bits per heavy atom. The molecule has 2 heterocycles. The molecule has 0 bridgehead atoms. The highest BCUT2D eigenvalue weighted by Crippen LogP contribution is 2.28. The molecule has 1 amide bonds. The van der Waals surface area contributed by atoms with Gasteiger partial charge in [0.05, 0.1) is 11.3 Å². The number of rotatable bonds is 5. The second-order valence-electron chi connectivity index (χ2n) is 6.97. The SMILES string of the molecule is Cc1ccc2cc(C)c3nnc(SCC(=O)NCc4ccccc4)n3c2c1C. The molecule has 4 rings (SSSR count). The predicted octanol–water partition coefficient (Wildman–Crippen LogP) is 4.22. The van der Waals surface area contributed by atoms with Crippen LogP contribution in [0.5, 0.6) is 0 Å². The first-order chi connectivity index (χ1) is 13.5. The Balaban J connectivity index is 1.59. The number of hydrogen-bond acceptors (Lipinski definition) is 4. The lowest BCUT2D eigenvalue weighted by Gasteiger charge is -2.11. The van der Waals surface area contributed by atoms with Gasteiger partial charge in [-0.3, -0.25) is 9.20 Å². The first kappa shape index (κ1) is 18.5. The van der Waals surface area contributed by atoms with Crippen LogP contribution in [0.15, 0.2) is 53.7 Å². The number of nitrogens with one attached hydrogen (secondary N) is 1. The fourth-order valence-electron chi connectivity index (χ4n) is 3.33. The van der Waals surface area contributed by atoms with Gasteiger partial charge in [0.2, 0.25) is 5.91 Å². The van der Waals surface area contributed by atoms with E-state index in [-0.39, 0.29) is 5.91 Å². The van der Waals surface area contributed by atoms with E-state index in [0.29, 0.717) is 12.3 Å². The largest absolute Gasteiger partial charge is 0.351 e. The summed E-state index contributed by atoms with van der Waals surface area (Å²) in [5.74, 6) is 0.281. The van der Waals surface area contributed by atoms with E-state index in [1.807, 2.05) is 37.3 Å². The van der Waals surface area contributed by atoms with Gasteiger partial charge in [-0.1, -0.05) is 54.2 Å². The van der Waals surface area contributed by atoms with E-state index in [2.05, 4.69) is 52.0 Å². The number of carbonyl (C=O) groups excluding carboxylic acids is 1. The number of pyridine rings is 1. The van der Waals surface area contributed by atoms with E-state index in [1.165, 1.54) is 22.9 Å². The zero-order valence-electron chi connectivity index (χ0n) is 16.2. The van der Waals surface area contributed by atoms with E-state index in [4.69, 9.17) is 0 Å². The fourth-order valence-corrected chi connectivity index (χ4v) is 4.10. The molecular formula is C22H22N4OS. The van der Waals surface area contributed by atoms with Gasteiger partial charge in [-0.25, -0.2) is 0 Å². The Kier molecular flexibility index (Phi) is 5.05. The topological polar surface area (TPSA) is 59.3 Å². The van der Waals surface area contributed by atoms with Crippen molar-refractivity contribution in [2.75, 3.05) is 5.75 Å². The van der Waals surface area contributed by atoms with Crippen molar-refractivity contribution in [3.63, 3.8) is 0 Å². The second-order valence-corrected chi connectivity index (χ2v) is 7.91. The smallest absolute Gasteiger partial charge is 0.230 e. The van der Waals surface area contributed by atoms with Crippen LogP contribution in [0.2, 0.25) is 0 Å². The van der Waals surface area contributed by atoms with Crippen LogP contribution in [-0.4, -0.2) is 26.3 Å². The number of aryl methyl sites for hydroxylation is 3. The molecular weight excluding hydrogens is 368 g/mol. The molecule has 0 aliphatic heterocycles. The van der Waals surface area contributed by atoms with Crippen LogP contribution < -0.4 is 5.32 Å². The maximum absolute atomic E-state index is 12.3. The average molecular weight is 391 g/mol. The minimum Gasteiger partial charge on any atom is -0.351 e. The van der Waals surface area contributed by atoms with Crippen molar-refractivity contribution >= 4 is 34.2 Å². The normalized spacial score (nSPS) is 11.2. The van der Waals surface area contributed by atoms with Gasteiger partial charge in [0.1, 0.15) is 0 Å². The molecule has 0 saturated carbocycles. The molecule has 0 aliphatic rings. The lowest BCUT2D eigenvalue weighted by atomic mass is 10.0. The summed E-state index contributed by atoms with van der Waals surface area (Å²) in [6, 6.07) is 16.3.